The molecule has 1 aliphatic carbocycles. The van der Waals surface area contributed by atoms with Crippen LogP contribution in [0.3, 0.4) is 0 Å². The van der Waals surface area contributed by atoms with Gasteiger partial charge in [0.1, 0.15) is 11.8 Å². The zero-order valence-corrected chi connectivity index (χ0v) is 19.8. The van der Waals surface area contributed by atoms with Gasteiger partial charge in [-0.25, -0.2) is 0 Å². The number of carbonyl (C=O) groups excluding carboxylic acids is 2. The molecular weight excluding hydrogens is 416 g/mol. The second kappa shape index (κ2) is 11.2. The van der Waals surface area contributed by atoms with Crippen LogP contribution in [0.1, 0.15) is 53.9 Å². The summed E-state index contributed by atoms with van der Waals surface area (Å²) in [5.41, 5.74) is 9.71. The van der Waals surface area contributed by atoms with Crippen LogP contribution in [0.25, 0.3) is 0 Å². The molecule has 0 heterocycles. The van der Waals surface area contributed by atoms with Gasteiger partial charge in [-0.05, 0) is 56.6 Å². The van der Waals surface area contributed by atoms with Gasteiger partial charge in [0.05, 0.1) is 0 Å². The van der Waals surface area contributed by atoms with Gasteiger partial charge in [-0.15, -0.1) is 0 Å². The van der Waals surface area contributed by atoms with E-state index in [0.29, 0.717) is 5.57 Å². The monoisotopic (exact) mass is 450 g/mol. The van der Waals surface area contributed by atoms with E-state index in [2.05, 4.69) is 38.2 Å². The molecule has 0 aromatic rings. The van der Waals surface area contributed by atoms with Crippen LogP contribution in [0, 0.1) is 5.41 Å². The lowest BCUT2D eigenvalue weighted by atomic mass is 9.72. The van der Waals surface area contributed by atoms with Gasteiger partial charge in [0.25, 0.3) is 10.1 Å². The van der Waals surface area contributed by atoms with Gasteiger partial charge in [0.2, 0.25) is 11.8 Å². The number of primary amides is 1. The summed E-state index contributed by atoms with van der Waals surface area (Å²) in [4.78, 5) is 23.2. The predicted octanol–water partition coefficient (Wildman–Crippen LogP) is 3.38. The zero-order valence-electron chi connectivity index (χ0n) is 18.9. The van der Waals surface area contributed by atoms with Crippen molar-refractivity contribution in [1.29, 1.82) is 0 Å². The molecule has 8 heteroatoms. The molecule has 0 bridgehead atoms. The van der Waals surface area contributed by atoms with E-state index in [1.807, 2.05) is 13.0 Å². The summed E-state index contributed by atoms with van der Waals surface area (Å²) in [5, 5.41) is 2.18. The third-order valence-electron chi connectivity index (χ3n) is 5.17. The fourth-order valence-corrected chi connectivity index (χ4v) is 4.18. The molecule has 0 spiro atoms. The van der Waals surface area contributed by atoms with Crippen LogP contribution in [0.5, 0.6) is 0 Å². The van der Waals surface area contributed by atoms with E-state index in [0.717, 1.165) is 12.0 Å². The molecule has 0 aromatic heterocycles. The van der Waals surface area contributed by atoms with Crippen LogP contribution in [0.4, 0.5) is 0 Å². The quantitative estimate of drug-likeness (QED) is 0.282. The van der Waals surface area contributed by atoms with E-state index in [1.165, 1.54) is 30.1 Å². The molecule has 0 fully saturated rings. The first-order chi connectivity index (χ1) is 14.2. The highest BCUT2D eigenvalue weighted by Crippen LogP contribution is 2.40. The summed E-state index contributed by atoms with van der Waals surface area (Å²) < 4.78 is 30.7. The minimum Gasteiger partial charge on any atom is -0.368 e. The maximum Gasteiger partial charge on any atom is 0.267 e. The lowest BCUT2D eigenvalue weighted by Crippen LogP contribution is -2.48. The third-order valence-corrected chi connectivity index (χ3v) is 5.92. The van der Waals surface area contributed by atoms with E-state index in [9.17, 15) is 18.0 Å². The van der Waals surface area contributed by atoms with Crippen molar-refractivity contribution in [1.82, 2.24) is 5.32 Å². The first-order valence-corrected chi connectivity index (χ1v) is 11.8. The SMILES string of the molecule is CC1=C(/C=C/C(C)=C/C=C/C(C)=C/C(=O)NC(CS(=O)(=O)O)C(N)=O)C(C)(C)CCC1. The number of hydrogen-bond donors (Lipinski definition) is 3. The summed E-state index contributed by atoms with van der Waals surface area (Å²) in [6, 6.07) is -1.51. The van der Waals surface area contributed by atoms with Crippen molar-refractivity contribution in [2.75, 3.05) is 5.75 Å². The number of nitrogens with two attached hydrogens (primary N) is 1. The van der Waals surface area contributed by atoms with Gasteiger partial charge in [0.15, 0.2) is 0 Å². The van der Waals surface area contributed by atoms with Crippen LogP contribution in [0.2, 0.25) is 0 Å². The summed E-state index contributed by atoms with van der Waals surface area (Å²) in [6.45, 7) is 10.4. The van der Waals surface area contributed by atoms with Crippen LogP contribution in [0.15, 0.2) is 58.7 Å². The zero-order chi connectivity index (χ0) is 23.8. The van der Waals surface area contributed by atoms with E-state index < -0.39 is 33.7 Å². The molecule has 0 radical (unpaired) electrons. The Bertz CT molecular complexity index is 950. The molecule has 1 atom stereocenters. The Morgan fingerprint density at radius 3 is 2.42 bits per heavy atom. The number of allylic oxidation sites excluding steroid dienone is 9. The highest BCUT2D eigenvalue weighted by molar-refractivity contribution is 7.85. The van der Waals surface area contributed by atoms with Crippen LogP contribution >= 0.6 is 0 Å². The summed E-state index contributed by atoms with van der Waals surface area (Å²) in [7, 11) is -4.46. The van der Waals surface area contributed by atoms with Crippen molar-refractivity contribution in [2.24, 2.45) is 11.1 Å². The molecular formula is C23H34N2O5S. The second-order valence-electron chi connectivity index (χ2n) is 8.64. The van der Waals surface area contributed by atoms with E-state index >= 15 is 0 Å². The highest BCUT2D eigenvalue weighted by atomic mass is 32.2. The third kappa shape index (κ3) is 9.93. The molecule has 0 saturated carbocycles. The average molecular weight is 451 g/mol. The Morgan fingerprint density at radius 1 is 1.23 bits per heavy atom. The number of carbonyl (C=O) groups is 2. The fourth-order valence-electron chi connectivity index (χ4n) is 3.51. The van der Waals surface area contributed by atoms with Crippen molar-refractivity contribution in [3.05, 3.63) is 58.7 Å². The van der Waals surface area contributed by atoms with Gasteiger partial charge in [0, 0.05) is 6.08 Å². The van der Waals surface area contributed by atoms with Crippen molar-refractivity contribution in [2.45, 2.75) is 59.9 Å². The van der Waals surface area contributed by atoms with Crippen molar-refractivity contribution in [3.8, 4) is 0 Å². The van der Waals surface area contributed by atoms with Crippen LogP contribution < -0.4 is 11.1 Å². The molecule has 4 N–H and O–H groups in total. The molecule has 172 valence electrons. The normalized spacial score (nSPS) is 19.2. The van der Waals surface area contributed by atoms with Gasteiger partial charge < -0.3 is 11.1 Å². The van der Waals surface area contributed by atoms with Crippen LogP contribution in [-0.4, -0.2) is 36.6 Å². The standard InChI is InChI=1S/C23H34N2O5S/c1-16(11-12-19-18(3)10-7-13-23(19,4)5)8-6-9-17(2)14-21(26)25-20(22(24)27)15-31(28,29)30/h6,8-9,11-12,14,20H,7,10,13,15H2,1-5H3,(H2,24,27)(H,25,26)(H,28,29,30)/b9-6+,12-11+,16-8+,17-14+. The lowest BCUT2D eigenvalue weighted by molar-refractivity contribution is -0.124. The van der Waals surface area contributed by atoms with Crippen LogP contribution in [-0.2, 0) is 19.7 Å². The minimum atomic E-state index is -4.46. The minimum absolute atomic E-state index is 0.180. The topological polar surface area (TPSA) is 127 Å². The maximum absolute atomic E-state index is 12.0. The van der Waals surface area contributed by atoms with Gasteiger partial charge in [-0.2, -0.15) is 8.42 Å². The van der Waals surface area contributed by atoms with E-state index in [-0.39, 0.29) is 5.41 Å². The van der Waals surface area contributed by atoms with Crippen molar-refractivity contribution < 1.29 is 22.6 Å². The molecule has 0 aromatic carbocycles. The predicted molar refractivity (Wildman–Crippen MR) is 124 cm³/mol. The van der Waals surface area contributed by atoms with E-state index in [1.54, 1.807) is 19.1 Å². The molecule has 31 heavy (non-hydrogen) atoms. The fraction of sp³-hybridized carbons (Fsp3) is 0.478. The Labute approximate surface area is 185 Å². The van der Waals surface area contributed by atoms with Crippen molar-refractivity contribution >= 4 is 21.9 Å². The molecule has 1 unspecified atom stereocenters. The highest BCUT2D eigenvalue weighted by Gasteiger charge is 2.26. The first kappa shape index (κ1) is 26.6. The Balaban J connectivity index is 2.77. The first-order valence-electron chi connectivity index (χ1n) is 10.2. The molecule has 1 aliphatic rings. The number of amides is 2. The van der Waals surface area contributed by atoms with Gasteiger partial charge in [-0.1, -0.05) is 55.4 Å². The molecule has 2 amide bonds. The van der Waals surface area contributed by atoms with E-state index in [4.69, 9.17) is 10.3 Å². The smallest absolute Gasteiger partial charge is 0.267 e. The Morgan fingerprint density at radius 2 is 1.87 bits per heavy atom. The van der Waals surface area contributed by atoms with Gasteiger partial charge in [-0.3, -0.25) is 14.1 Å². The number of nitrogens with one attached hydrogen (secondary N) is 1. The largest absolute Gasteiger partial charge is 0.368 e. The lowest BCUT2D eigenvalue weighted by Gasteiger charge is -2.32. The second-order valence-corrected chi connectivity index (χ2v) is 10.1. The summed E-state index contributed by atoms with van der Waals surface area (Å²) in [6.07, 6.45) is 14.5. The summed E-state index contributed by atoms with van der Waals surface area (Å²) >= 11 is 0. The molecule has 0 saturated heterocycles. The van der Waals surface area contributed by atoms with Crippen molar-refractivity contribution in [3.63, 3.8) is 0 Å². The summed E-state index contributed by atoms with van der Waals surface area (Å²) in [5.74, 6) is -2.71. The molecule has 0 aliphatic heterocycles. The Hall–Kier alpha value is -2.45. The van der Waals surface area contributed by atoms with Gasteiger partial charge >= 0.3 is 0 Å². The molecule has 1 rings (SSSR count). The maximum atomic E-state index is 12.0. The average Bonchev–Trinajstić information content (AvgIpc) is 2.58. The molecule has 7 nitrogen and oxygen atoms in total. The number of rotatable bonds is 9. The number of hydrogen-bond acceptors (Lipinski definition) is 4. The Kier molecular flexibility index (Phi) is 9.65.